The van der Waals surface area contributed by atoms with Crippen LogP contribution in [0.25, 0.3) is 11.1 Å². The third-order valence-corrected chi connectivity index (χ3v) is 2.18. The van der Waals surface area contributed by atoms with Gasteiger partial charge in [-0.1, -0.05) is 30.3 Å². The van der Waals surface area contributed by atoms with Gasteiger partial charge in [0.05, 0.1) is 0 Å². The summed E-state index contributed by atoms with van der Waals surface area (Å²) < 4.78 is 0. The van der Waals surface area contributed by atoms with Crippen LogP contribution in [0.2, 0.25) is 0 Å². The molecule has 15 heavy (non-hydrogen) atoms. The summed E-state index contributed by atoms with van der Waals surface area (Å²) in [5, 5.41) is 9.14. The first-order chi connectivity index (χ1) is 7.29. The van der Waals surface area contributed by atoms with Crippen LogP contribution in [0.1, 0.15) is 5.56 Å². The number of hydrogen-bond acceptors (Lipinski definition) is 2. The molecule has 0 fully saturated rings. The highest BCUT2D eigenvalue weighted by molar-refractivity contribution is 5.79. The van der Waals surface area contributed by atoms with E-state index in [1.54, 1.807) is 36.4 Å². The minimum absolute atomic E-state index is 0.233. The van der Waals surface area contributed by atoms with Crippen LogP contribution in [0, 0.1) is 0 Å². The van der Waals surface area contributed by atoms with Crippen molar-refractivity contribution in [2.45, 2.75) is 0 Å². The predicted octanol–water partition coefficient (Wildman–Crippen LogP) is 2.52. The summed E-state index contributed by atoms with van der Waals surface area (Å²) in [7, 11) is 0. The predicted molar refractivity (Wildman–Crippen MR) is 58.3 cm³/mol. The average Bonchev–Trinajstić information content (AvgIpc) is 2.30. The summed E-state index contributed by atoms with van der Waals surface area (Å²) in [5.74, 6) is 0.233. The molecule has 0 heterocycles. The molecule has 73 valence electrons. The molecule has 0 aliphatic heterocycles. The lowest BCUT2D eigenvalue weighted by atomic mass is 10.0. The molecule has 2 nitrogen and oxygen atoms in total. The number of aromatic hydroxyl groups is 1. The van der Waals surface area contributed by atoms with Crippen LogP contribution in [-0.4, -0.2) is 11.4 Å². The molecule has 0 bridgehead atoms. The van der Waals surface area contributed by atoms with Gasteiger partial charge in [-0.15, -0.1) is 0 Å². The van der Waals surface area contributed by atoms with Gasteiger partial charge in [0.25, 0.3) is 0 Å². The first-order valence-corrected chi connectivity index (χ1v) is 4.57. The van der Waals surface area contributed by atoms with Crippen molar-refractivity contribution in [2.75, 3.05) is 0 Å². The summed E-state index contributed by atoms with van der Waals surface area (Å²) in [5.41, 5.74) is 2.43. The van der Waals surface area contributed by atoms with Gasteiger partial charge >= 0.3 is 0 Å². The first-order valence-electron chi connectivity index (χ1n) is 4.57. The molecule has 0 unspecified atom stereocenters. The fourth-order valence-electron chi connectivity index (χ4n) is 1.42. The van der Waals surface area contributed by atoms with Gasteiger partial charge in [-0.3, -0.25) is 4.79 Å². The zero-order chi connectivity index (χ0) is 10.7. The Kier molecular flexibility index (Phi) is 2.50. The van der Waals surface area contributed by atoms with E-state index in [1.807, 2.05) is 18.4 Å². The normalized spacial score (nSPS) is 9.87. The Morgan fingerprint density at radius 2 is 1.67 bits per heavy atom. The maximum Gasteiger partial charge on any atom is 0.233 e. The molecule has 0 aromatic heterocycles. The third-order valence-electron chi connectivity index (χ3n) is 2.18. The lowest BCUT2D eigenvalue weighted by molar-refractivity contribution is 0.475. The summed E-state index contributed by atoms with van der Waals surface area (Å²) in [6.07, 6.45) is 1.85. The van der Waals surface area contributed by atoms with Gasteiger partial charge in [0.2, 0.25) is 6.29 Å². The fourth-order valence-corrected chi connectivity index (χ4v) is 1.42. The molecule has 2 aromatic carbocycles. The maximum absolute atomic E-state index is 10.5. The molecule has 2 rings (SSSR count). The molecule has 2 aromatic rings. The van der Waals surface area contributed by atoms with Crippen molar-refractivity contribution in [3.8, 4) is 16.9 Å². The topological polar surface area (TPSA) is 37.3 Å². The molecule has 0 aliphatic carbocycles. The molecule has 0 aliphatic rings. The van der Waals surface area contributed by atoms with Crippen LogP contribution < -0.4 is 0 Å². The average molecular weight is 197 g/mol. The van der Waals surface area contributed by atoms with Gasteiger partial charge in [0.1, 0.15) is 5.75 Å². The van der Waals surface area contributed by atoms with Crippen molar-refractivity contribution in [3.63, 3.8) is 0 Å². The number of rotatable bonds is 2. The monoisotopic (exact) mass is 197 g/mol. The summed E-state index contributed by atoms with van der Waals surface area (Å²) in [4.78, 5) is 10.5. The Hall–Kier alpha value is -2.09. The Morgan fingerprint density at radius 3 is 2.33 bits per heavy atom. The molecule has 2 heteroatoms. The highest BCUT2D eigenvalue weighted by Crippen LogP contribution is 2.22. The number of hydrogen-bond donors (Lipinski definition) is 1. The molecule has 1 radical (unpaired) electrons. The Morgan fingerprint density at radius 1 is 0.933 bits per heavy atom. The van der Waals surface area contributed by atoms with E-state index in [9.17, 15) is 4.79 Å². The zero-order valence-corrected chi connectivity index (χ0v) is 7.97. The second-order valence-corrected chi connectivity index (χ2v) is 3.23. The van der Waals surface area contributed by atoms with Crippen molar-refractivity contribution >= 4 is 6.29 Å². The highest BCUT2D eigenvalue weighted by atomic mass is 16.3. The molecule has 1 N–H and O–H groups in total. The molecule has 0 saturated carbocycles. The second-order valence-electron chi connectivity index (χ2n) is 3.23. The van der Waals surface area contributed by atoms with Crippen LogP contribution in [0.3, 0.4) is 0 Å². The molecule has 0 saturated heterocycles. The van der Waals surface area contributed by atoms with E-state index in [-0.39, 0.29) is 5.75 Å². The van der Waals surface area contributed by atoms with Gasteiger partial charge in [-0.25, -0.2) is 0 Å². The van der Waals surface area contributed by atoms with E-state index < -0.39 is 0 Å². The van der Waals surface area contributed by atoms with Crippen molar-refractivity contribution in [3.05, 3.63) is 54.1 Å². The zero-order valence-electron chi connectivity index (χ0n) is 7.97. The molecule has 0 spiro atoms. The van der Waals surface area contributed by atoms with Crippen molar-refractivity contribution in [1.29, 1.82) is 0 Å². The van der Waals surface area contributed by atoms with Gasteiger partial charge in [0.15, 0.2) is 0 Å². The first kappa shape index (κ1) is 9.46. The number of phenols is 1. The standard InChI is InChI=1S/C13H9O2/c14-9-10-2-1-3-12(8-10)11-4-6-13(15)7-5-11/h1-8,15H. The SMILES string of the molecule is O=[C]c1cccc(-c2ccc(O)cc2)c1. The minimum atomic E-state index is 0.233. The maximum atomic E-state index is 10.5. The van der Waals surface area contributed by atoms with Crippen LogP contribution >= 0.6 is 0 Å². The number of phenolic OH excluding ortho intramolecular Hbond substituents is 1. The fraction of sp³-hybridized carbons (Fsp3) is 0. The van der Waals surface area contributed by atoms with E-state index in [0.29, 0.717) is 5.56 Å². The van der Waals surface area contributed by atoms with E-state index in [0.717, 1.165) is 11.1 Å². The van der Waals surface area contributed by atoms with Crippen molar-refractivity contribution in [1.82, 2.24) is 0 Å². The molecular formula is C13H9O2. The number of benzene rings is 2. The van der Waals surface area contributed by atoms with Crippen LogP contribution in [-0.2, 0) is 4.79 Å². The Labute approximate surface area is 87.8 Å². The second kappa shape index (κ2) is 3.96. The van der Waals surface area contributed by atoms with E-state index in [4.69, 9.17) is 5.11 Å². The lowest BCUT2D eigenvalue weighted by Gasteiger charge is -2.01. The Bertz CT molecular complexity index is 472. The minimum Gasteiger partial charge on any atom is -0.508 e. The third kappa shape index (κ3) is 2.05. The number of carbonyl (C=O) groups excluding carboxylic acids is 1. The largest absolute Gasteiger partial charge is 0.508 e. The van der Waals surface area contributed by atoms with Crippen molar-refractivity contribution < 1.29 is 9.90 Å². The molecule has 0 amide bonds. The summed E-state index contributed by atoms with van der Waals surface area (Å²) >= 11 is 0. The smallest absolute Gasteiger partial charge is 0.233 e. The summed E-state index contributed by atoms with van der Waals surface area (Å²) in [6.45, 7) is 0. The molecular weight excluding hydrogens is 188 g/mol. The van der Waals surface area contributed by atoms with Gasteiger partial charge in [0, 0.05) is 5.56 Å². The highest BCUT2D eigenvalue weighted by Gasteiger charge is 1.98. The van der Waals surface area contributed by atoms with E-state index >= 15 is 0 Å². The van der Waals surface area contributed by atoms with E-state index in [2.05, 4.69) is 0 Å². The van der Waals surface area contributed by atoms with Crippen LogP contribution in [0.5, 0.6) is 5.75 Å². The van der Waals surface area contributed by atoms with E-state index in [1.165, 1.54) is 0 Å². The van der Waals surface area contributed by atoms with Crippen LogP contribution in [0.15, 0.2) is 48.5 Å². The van der Waals surface area contributed by atoms with Crippen LogP contribution in [0.4, 0.5) is 0 Å². The quantitative estimate of drug-likeness (QED) is 0.803. The lowest BCUT2D eigenvalue weighted by Crippen LogP contribution is -1.82. The summed E-state index contributed by atoms with van der Waals surface area (Å²) in [6, 6.07) is 14.0. The van der Waals surface area contributed by atoms with Gasteiger partial charge in [-0.05, 0) is 29.3 Å². The van der Waals surface area contributed by atoms with Gasteiger partial charge < -0.3 is 5.11 Å². The van der Waals surface area contributed by atoms with Gasteiger partial charge in [-0.2, -0.15) is 0 Å². The molecule has 0 atom stereocenters. The van der Waals surface area contributed by atoms with Crippen molar-refractivity contribution in [2.24, 2.45) is 0 Å². The Balaban J connectivity index is 2.44.